The Labute approximate surface area is 166 Å². The van der Waals surface area contributed by atoms with E-state index in [2.05, 4.69) is 32.7 Å². The number of hydrogen-bond acceptors (Lipinski definition) is 1. The predicted molar refractivity (Wildman–Crippen MR) is 120 cm³/mol. The van der Waals surface area contributed by atoms with E-state index in [9.17, 15) is 4.39 Å². The van der Waals surface area contributed by atoms with Crippen LogP contribution in [0.2, 0.25) is 0 Å². The van der Waals surface area contributed by atoms with E-state index < -0.39 is 0 Å². The molecule has 0 aliphatic carbocycles. The van der Waals surface area contributed by atoms with Crippen LogP contribution in [0.5, 0.6) is 0 Å². The lowest BCUT2D eigenvalue weighted by molar-refractivity contribution is 0.622. The molecule has 1 nitrogen and oxygen atoms in total. The first-order valence-electron chi connectivity index (χ1n) is 10.2. The van der Waals surface area contributed by atoms with Crippen molar-refractivity contribution in [3.8, 4) is 11.1 Å². The first-order valence-corrected chi connectivity index (χ1v) is 10.2. The van der Waals surface area contributed by atoms with Crippen LogP contribution in [0.4, 0.5) is 4.39 Å². The van der Waals surface area contributed by atoms with Crippen molar-refractivity contribution in [3.05, 3.63) is 59.2 Å². The van der Waals surface area contributed by atoms with E-state index in [1.807, 2.05) is 39.0 Å². The molecule has 1 heterocycles. The SMILES string of the molecule is C/C=C(/C)c1ncc(-c2cccc(C)c2F)cc1C.CCC.CCCCC. The highest BCUT2D eigenvalue weighted by Gasteiger charge is 2.10. The lowest BCUT2D eigenvalue weighted by Crippen LogP contribution is -1.94. The summed E-state index contributed by atoms with van der Waals surface area (Å²) in [4.78, 5) is 4.46. The van der Waals surface area contributed by atoms with Crippen LogP contribution in [-0.4, -0.2) is 4.98 Å². The van der Waals surface area contributed by atoms with Gasteiger partial charge in [0, 0.05) is 17.3 Å². The average molecular weight is 372 g/mol. The number of pyridine rings is 1. The number of benzene rings is 1. The van der Waals surface area contributed by atoms with Gasteiger partial charge in [0.25, 0.3) is 0 Å². The van der Waals surface area contributed by atoms with Gasteiger partial charge in [-0.1, -0.05) is 77.7 Å². The number of nitrogens with zero attached hydrogens (tertiary/aromatic N) is 1. The lowest BCUT2D eigenvalue weighted by atomic mass is 10.0. The minimum Gasteiger partial charge on any atom is -0.256 e. The van der Waals surface area contributed by atoms with Gasteiger partial charge >= 0.3 is 0 Å². The zero-order valence-electron chi connectivity index (χ0n) is 18.6. The van der Waals surface area contributed by atoms with Gasteiger partial charge in [-0.3, -0.25) is 4.98 Å². The molecule has 2 aromatic rings. The van der Waals surface area contributed by atoms with Crippen molar-refractivity contribution in [1.29, 1.82) is 0 Å². The molecule has 1 aromatic heterocycles. The van der Waals surface area contributed by atoms with Crippen LogP contribution in [0.25, 0.3) is 16.7 Å². The fourth-order valence-electron chi connectivity index (χ4n) is 2.50. The van der Waals surface area contributed by atoms with Crippen molar-refractivity contribution in [3.63, 3.8) is 0 Å². The Kier molecular flexibility index (Phi) is 13.1. The molecule has 0 unspecified atom stereocenters. The number of aryl methyl sites for hydroxylation is 2. The van der Waals surface area contributed by atoms with Gasteiger partial charge in [0.2, 0.25) is 0 Å². The fourth-order valence-corrected chi connectivity index (χ4v) is 2.50. The molecule has 0 aliphatic rings. The second kappa shape index (κ2) is 14.1. The van der Waals surface area contributed by atoms with Crippen LogP contribution in [0.1, 0.15) is 84.0 Å². The molecule has 27 heavy (non-hydrogen) atoms. The van der Waals surface area contributed by atoms with Gasteiger partial charge in [-0.05, 0) is 50.5 Å². The van der Waals surface area contributed by atoms with E-state index >= 15 is 0 Å². The number of hydrogen-bond donors (Lipinski definition) is 0. The van der Waals surface area contributed by atoms with Gasteiger partial charge < -0.3 is 0 Å². The molecule has 0 N–H and O–H groups in total. The van der Waals surface area contributed by atoms with Crippen molar-refractivity contribution in [2.45, 2.75) is 81.1 Å². The van der Waals surface area contributed by atoms with Crippen LogP contribution in [0, 0.1) is 19.7 Å². The molecule has 1 aromatic carbocycles. The second-order valence-electron chi connectivity index (χ2n) is 6.86. The maximum atomic E-state index is 14.1. The topological polar surface area (TPSA) is 12.9 Å². The molecule has 0 aliphatic heterocycles. The standard InChI is InChI=1S/C17H18FN.C5H12.C3H8/c1-5-11(2)17-13(4)9-14(10-19-17)15-8-6-7-12(3)16(15)18;1-3-5-4-2;1-3-2/h5-10H,1-4H3;3-5H2,1-2H3;3H2,1-2H3/b11-5-;;. The second-order valence-corrected chi connectivity index (χ2v) is 6.86. The minimum atomic E-state index is -0.167. The summed E-state index contributed by atoms with van der Waals surface area (Å²) in [5.74, 6) is -0.167. The van der Waals surface area contributed by atoms with E-state index in [-0.39, 0.29) is 5.82 Å². The highest BCUT2D eigenvalue weighted by molar-refractivity contribution is 5.69. The quantitative estimate of drug-likeness (QED) is 0.524. The molecule has 0 saturated heterocycles. The van der Waals surface area contributed by atoms with Crippen molar-refractivity contribution < 1.29 is 4.39 Å². The summed E-state index contributed by atoms with van der Waals surface area (Å²) in [6.45, 7) is 16.5. The molecule has 150 valence electrons. The van der Waals surface area contributed by atoms with Crippen molar-refractivity contribution in [1.82, 2.24) is 4.98 Å². The monoisotopic (exact) mass is 371 g/mol. The first-order chi connectivity index (χ1) is 12.9. The average Bonchev–Trinajstić information content (AvgIpc) is 2.65. The van der Waals surface area contributed by atoms with Gasteiger partial charge in [0.1, 0.15) is 5.82 Å². The van der Waals surface area contributed by atoms with E-state index in [0.29, 0.717) is 11.1 Å². The Morgan fingerprint density at radius 2 is 1.63 bits per heavy atom. The maximum absolute atomic E-state index is 14.1. The molecule has 2 heteroatoms. The highest BCUT2D eigenvalue weighted by Crippen LogP contribution is 2.27. The summed E-state index contributed by atoms with van der Waals surface area (Å²) in [7, 11) is 0. The molecule has 0 radical (unpaired) electrons. The third-order valence-electron chi connectivity index (χ3n) is 4.09. The maximum Gasteiger partial charge on any atom is 0.133 e. The molecule has 2 rings (SSSR count). The molecule has 0 saturated carbocycles. The van der Waals surface area contributed by atoms with Gasteiger partial charge in [0.15, 0.2) is 0 Å². The first kappa shape index (κ1) is 25.0. The number of aromatic nitrogens is 1. The highest BCUT2D eigenvalue weighted by atomic mass is 19.1. The van der Waals surface area contributed by atoms with Crippen LogP contribution in [0.15, 0.2) is 36.5 Å². The fraction of sp³-hybridized carbons (Fsp3) is 0.480. The van der Waals surface area contributed by atoms with Crippen LogP contribution < -0.4 is 0 Å². The molecular weight excluding hydrogens is 333 g/mol. The van der Waals surface area contributed by atoms with Gasteiger partial charge in [-0.15, -0.1) is 0 Å². The summed E-state index contributed by atoms with van der Waals surface area (Å²) >= 11 is 0. The number of halogens is 1. The van der Waals surface area contributed by atoms with Gasteiger partial charge in [0.05, 0.1) is 5.69 Å². The van der Waals surface area contributed by atoms with E-state index in [1.165, 1.54) is 25.7 Å². The van der Waals surface area contributed by atoms with Crippen LogP contribution in [0.3, 0.4) is 0 Å². The number of allylic oxidation sites excluding steroid dienone is 2. The summed E-state index contributed by atoms with van der Waals surface area (Å²) in [6, 6.07) is 7.43. The van der Waals surface area contributed by atoms with Crippen molar-refractivity contribution in [2.75, 3.05) is 0 Å². The zero-order chi connectivity index (χ0) is 20.8. The van der Waals surface area contributed by atoms with Crippen molar-refractivity contribution in [2.24, 2.45) is 0 Å². The van der Waals surface area contributed by atoms with Crippen molar-refractivity contribution >= 4 is 5.57 Å². The Morgan fingerprint density at radius 3 is 2.07 bits per heavy atom. The van der Waals surface area contributed by atoms with Crippen LogP contribution >= 0.6 is 0 Å². The van der Waals surface area contributed by atoms with E-state index in [0.717, 1.165) is 22.4 Å². The van der Waals surface area contributed by atoms with Gasteiger partial charge in [-0.25, -0.2) is 4.39 Å². The largest absolute Gasteiger partial charge is 0.256 e. The molecular formula is C25H38FN. The predicted octanol–water partition coefficient (Wildman–Crippen LogP) is 8.54. The third-order valence-corrected chi connectivity index (χ3v) is 4.09. The molecule has 0 amide bonds. The van der Waals surface area contributed by atoms with E-state index in [1.54, 1.807) is 25.3 Å². The lowest BCUT2D eigenvalue weighted by Gasteiger charge is -2.09. The smallest absolute Gasteiger partial charge is 0.133 e. The Morgan fingerprint density at radius 1 is 1.04 bits per heavy atom. The summed E-state index contributed by atoms with van der Waals surface area (Å²) in [6.07, 6.45) is 9.10. The zero-order valence-corrected chi connectivity index (χ0v) is 18.6. The molecule has 0 spiro atoms. The Balaban J connectivity index is 0.000000719. The van der Waals surface area contributed by atoms with Crippen LogP contribution in [-0.2, 0) is 0 Å². The molecule has 0 atom stereocenters. The van der Waals surface area contributed by atoms with Gasteiger partial charge in [-0.2, -0.15) is 0 Å². The molecule has 0 fully saturated rings. The Hall–Kier alpha value is -1.96. The summed E-state index contributed by atoms with van der Waals surface area (Å²) < 4.78 is 14.1. The summed E-state index contributed by atoms with van der Waals surface area (Å²) in [5, 5.41) is 0. The minimum absolute atomic E-state index is 0.167. The third kappa shape index (κ3) is 8.51. The molecule has 0 bridgehead atoms. The normalized spacial score (nSPS) is 10.5. The summed E-state index contributed by atoms with van der Waals surface area (Å²) in [5.41, 5.74) is 5.26. The van der Waals surface area contributed by atoms with E-state index in [4.69, 9.17) is 0 Å². The number of unbranched alkanes of at least 4 members (excludes halogenated alkanes) is 2. The Bertz CT molecular complexity index is 699. The number of rotatable bonds is 4.